The second kappa shape index (κ2) is 6.76. The average Bonchev–Trinajstić information content (AvgIpc) is 3.03. The Balaban J connectivity index is 1.75. The van der Waals surface area contributed by atoms with Gasteiger partial charge in [0.1, 0.15) is 5.75 Å². The first-order chi connectivity index (χ1) is 12.6. The number of aromatic hydroxyl groups is 1. The van der Waals surface area contributed by atoms with Gasteiger partial charge in [0.15, 0.2) is 5.65 Å². The van der Waals surface area contributed by atoms with Crippen LogP contribution in [0.25, 0.3) is 22.3 Å². The second-order valence-electron chi connectivity index (χ2n) is 6.65. The molecule has 134 valence electrons. The highest BCUT2D eigenvalue weighted by Gasteiger charge is 2.21. The van der Waals surface area contributed by atoms with E-state index in [-0.39, 0.29) is 17.7 Å². The number of hydrogen-bond acceptors (Lipinski definition) is 5. The maximum Gasteiger partial charge on any atom is 0.252 e. The number of phenolic OH excluding ortho intramolecular Hbond substituents is 1. The highest BCUT2D eigenvalue weighted by Crippen LogP contribution is 2.27. The number of pyridine rings is 1. The van der Waals surface area contributed by atoms with Crippen molar-refractivity contribution in [3.63, 3.8) is 0 Å². The molecule has 0 radical (unpaired) electrons. The molecule has 3 aromatic rings. The number of H-pyrrole nitrogens is 1. The molecular weight excluding hydrogens is 330 g/mol. The van der Waals surface area contributed by atoms with E-state index in [4.69, 9.17) is 0 Å². The van der Waals surface area contributed by atoms with Crippen molar-refractivity contribution in [1.82, 2.24) is 25.8 Å². The van der Waals surface area contributed by atoms with E-state index in [1.807, 2.05) is 6.92 Å². The summed E-state index contributed by atoms with van der Waals surface area (Å²) >= 11 is 0. The van der Waals surface area contributed by atoms with Gasteiger partial charge < -0.3 is 15.7 Å². The molecule has 0 aliphatic carbocycles. The monoisotopic (exact) mass is 351 g/mol. The van der Waals surface area contributed by atoms with E-state index in [0.717, 1.165) is 42.6 Å². The summed E-state index contributed by atoms with van der Waals surface area (Å²) in [6, 6.07) is 8.69. The Hall–Kier alpha value is -2.93. The number of carbonyl (C=O) groups is 1. The summed E-state index contributed by atoms with van der Waals surface area (Å²) in [5.41, 5.74) is 3.38. The fourth-order valence-electron chi connectivity index (χ4n) is 3.38. The number of nitrogens with zero attached hydrogens (tertiary/aromatic N) is 2. The molecule has 1 aliphatic heterocycles. The fourth-order valence-corrected chi connectivity index (χ4v) is 3.38. The number of amides is 1. The Labute approximate surface area is 150 Å². The first-order valence-electron chi connectivity index (χ1n) is 8.78. The SMILES string of the molecule is Cc1n[nH]c2nc(-c3ccc(O)cc3)cc(C(=O)N[C@@H]3CCCNC3)c12. The molecule has 1 aromatic carbocycles. The quantitative estimate of drug-likeness (QED) is 0.579. The van der Waals surface area contributed by atoms with E-state index in [0.29, 0.717) is 16.9 Å². The van der Waals surface area contributed by atoms with Gasteiger partial charge in [-0.05, 0) is 56.6 Å². The molecule has 2 aromatic heterocycles. The molecule has 0 bridgehead atoms. The van der Waals surface area contributed by atoms with Crippen molar-refractivity contribution < 1.29 is 9.90 Å². The molecule has 1 aliphatic rings. The van der Waals surface area contributed by atoms with Crippen LogP contribution in [0.15, 0.2) is 30.3 Å². The lowest BCUT2D eigenvalue weighted by Gasteiger charge is -2.24. The molecule has 0 spiro atoms. The molecule has 7 nitrogen and oxygen atoms in total. The van der Waals surface area contributed by atoms with Crippen LogP contribution in [0.4, 0.5) is 0 Å². The van der Waals surface area contributed by atoms with Crippen LogP contribution >= 0.6 is 0 Å². The van der Waals surface area contributed by atoms with Gasteiger partial charge in [-0.1, -0.05) is 0 Å². The van der Waals surface area contributed by atoms with E-state index in [9.17, 15) is 9.90 Å². The van der Waals surface area contributed by atoms with E-state index >= 15 is 0 Å². The van der Waals surface area contributed by atoms with Gasteiger partial charge in [-0.25, -0.2) is 4.98 Å². The molecule has 1 saturated heterocycles. The molecule has 1 amide bonds. The van der Waals surface area contributed by atoms with Crippen LogP contribution in [0.3, 0.4) is 0 Å². The fraction of sp³-hybridized carbons (Fsp3) is 0.316. The third-order valence-electron chi connectivity index (χ3n) is 4.75. The average molecular weight is 351 g/mol. The number of fused-ring (bicyclic) bond motifs is 1. The summed E-state index contributed by atoms with van der Waals surface area (Å²) in [5, 5.41) is 23.8. The van der Waals surface area contributed by atoms with Gasteiger partial charge in [0.2, 0.25) is 0 Å². The maximum atomic E-state index is 13.0. The summed E-state index contributed by atoms with van der Waals surface area (Å²) in [6.07, 6.45) is 2.03. The predicted octanol–water partition coefficient (Wildman–Crippen LogP) is 2.12. The molecule has 0 unspecified atom stereocenters. The highest BCUT2D eigenvalue weighted by atomic mass is 16.3. The minimum atomic E-state index is -0.115. The molecule has 3 heterocycles. The van der Waals surface area contributed by atoms with Crippen LogP contribution in [0.1, 0.15) is 28.9 Å². The van der Waals surface area contributed by atoms with Gasteiger partial charge in [0.05, 0.1) is 22.3 Å². The topological polar surface area (TPSA) is 103 Å². The van der Waals surface area contributed by atoms with Crippen LogP contribution < -0.4 is 10.6 Å². The van der Waals surface area contributed by atoms with E-state index in [1.165, 1.54) is 0 Å². The minimum absolute atomic E-state index is 0.115. The van der Waals surface area contributed by atoms with Gasteiger partial charge in [0.25, 0.3) is 5.91 Å². The Morgan fingerprint density at radius 3 is 2.85 bits per heavy atom. The lowest BCUT2D eigenvalue weighted by Crippen LogP contribution is -2.45. The van der Waals surface area contributed by atoms with Crippen LogP contribution in [0, 0.1) is 6.92 Å². The van der Waals surface area contributed by atoms with Gasteiger partial charge >= 0.3 is 0 Å². The van der Waals surface area contributed by atoms with Crippen LogP contribution in [0.2, 0.25) is 0 Å². The number of rotatable bonds is 3. The van der Waals surface area contributed by atoms with Crippen LogP contribution in [-0.2, 0) is 0 Å². The van der Waals surface area contributed by atoms with Crippen molar-refractivity contribution in [2.75, 3.05) is 13.1 Å². The zero-order valence-corrected chi connectivity index (χ0v) is 14.5. The zero-order chi connectivity index (χ0) is 18.1. The van der Waals surface area contributed by atoms with E-state index < -0.39 is 0 Å². The minimum Gasteiger partial charge on any atom is -0.508 e. The van der Waals surface area contributed by atoms with Crippen molar-refractivity contribution in [2.45, 2.75) is 25.8 Å². The molecule has 26 heavy (non-hydrogen) atoms. The van der Waals surface area contributed by atoms with Gasteiger partial charge in [-0.15, -0.1) is 0 Å². The summed E-state index contributed by atoms with van der Waals surface area (Å²) in [6.45, 7) is 3.65. The first kappa shape index (κ1) is 16.5. The number of aryl methyl sites for hydroxylation is 1. The normalized spacial score (nSPS) is 17.3. The van der Waals surface area contributed by atoms with Crippen molar-refractivity contribution in [3.8, 4) is 17.0 Å². The Morgan fingerprint density at radius 2 is 2.12 bits per heavy atom. The van der Waals surface area contributed by atoms with Crippen molar-refractivity contribution in [3.05, 3.63) is 41.6 Å². The Morgan fingerprint density at radius 1 is 1.31 bits per heavy atom. The molecule has 0 saturated carbocycles. The largest absolute Gasteiger partial charge is 0.508 e. The van der Waals surface area contributed by atoms with Crippen LogP contribution in [-0.4, -0.2) is 45.3 Å². The third-order valence-corrected chi connectivity index (χ3v) is 4.75. The van der Waals surface area contributed by atoms with Crippen LogP contribution in [0.5, 0.6) is 5.75 Å². The van der Waals surface area contributed by atoms with Gasteiger partial charge in [0, 0.05) is 18.2 Å². The standard InChI is InChI=1S/C19H21N5O2/c1-11-17-15(19(26)21-13-3-2-8-20-10-13)9-16(22-18(17)24-23-11)12-4-6-14(25)7-5-12/h4-7,9,13,20,25H,2-3,8,10H2,1H3,(H,21,26)(H,22,23,24)/t13-/m1/s1. The van der Waals surface area contributed by atoms with Crippen molar-refractivity contribution in [2.24, 2.45) is 0 Å². The van der Waals surface area contributed by atoms with E-state index in [2.05, 4.69) is 25.8 Å². The third kappa shape index (κ3) is 3.13. The molecule has 4 rings (SSSR count). The summed E-state index contributed by atoms with van der Waals surface area (Å²) in [5.74, 6) is 0.0746. The van der Waals surface area contributed by atoms with Crippen molar-refractivity contribution in [1.29, 1.82) is 0 Å². The highest BCUT2D eigenvalue weighted by molar-refractivity contribution is 6.07. The number of hydrogen-bond donors (Lipinski definition) is 4. The maximum absolute atomic E-state index is 13.0. The number of phenols is 1. The van der Waals surface area contributed by atoms with Gasteiger partial charge in [-0.3, -0.25) is 9.89 Å². The Bertz CT molecular complexity index is 942. The second-order valence-corrected chi connectivity index (χ2v) is 6.65. The number of aromatic nitrogens is 3. The zero-order valence-electron chi connectivity index (χ0n) is 14.5. The van der Waals surface area contributed by atoms with E-state index in [1.54, 1.807) is 30.3 Å². The number of piperidine rings is 1. The molecular formula is C19H21N5O2. The van der Waals surface area contributed by atoms with Crippen molar-refractivity contribution >= 4 is 16.9 Å². The first-order valence-corrected chi connectivity index (χ1v) is 8.78. The molecule has 4 N–H and O–H groups in total. The summed E-state index contributed by atoms with van der Waals surface area (Å²) in [4.78, 5) is 17.6. The number of carbonyl (C=O) groups excluding carboxylic acids is 1. The smallest absolute Gasteiger partial charge is 0.252 e. The lowest BCUT2D eigenvalue weighted by molar-refractivity contribution is 0.0932. The number of aromatic amines is 1. The Kier molecular flexibility index (Phi) is 4.30. The molecule has 1 fully saturated rings. The number of benzene rings is 1. The molecule has 7 heteroatoms. The predicted molar refractivity (Wildman–Crippen MR) is 99.1 cm³/mol. The summed E-state index contributed by atoms with van der Waals surface area (Å²) in [7, 11) is 0. The summed E-state index contributed by atoms with van der Waals surface area (Å²) < 4.78 is 0. The van der Waals surface area contributed by atoms with Gasteiger partial charge in [-0.2, -0.15) is 5.10 Å². The lowest BCUT2D eigenvalue weighted by atomic mass is 10.0. The number of nitrogens with one attached hydrogen (secondary N) is 3. The molecule has 1 atom stereocenters.